The Kier molecular flexibility index (Phi) is 3.88. The minimum Gasteiger partial charge on any atom is -0.384 e. The van der Waals surface area contributed by atoms with Crippen molar-refractivity contribution >= 4 is 11.7 Å². The number of aromatic nitrogens is 1. The van der Waals surface area contributed by atoms with Gasteiger partial charge in [0.2, 0.25) is 0 Å². The van der Waals surface area contributed by atoms with Crippen molar-refractivity contribution in [3.05, 3.63) is 23.9 Å². The zero-order valence-corrected chi connectivity index (χ0v) is 10.1. The first-order valence-electron chi connectivity index (χ1n) is 5.55. The molecule has 0 aliphatic heterocycles. The standard InChI is InChI=1S/C12H19N3O/c1-4-12(3,5-2)15-11(16)9-6-7-14-10(13)8-9/h6-8H,4-5H2,1-3H3,(H2,13,14)(H,15,16). The van der Waals surface area contributed by atoms with Crippen LogP contribution in [0.5, 0.6) is 0 Å². The Morgan fingerprint density at radius 3 is 2.62 bits per heavy atom. The molecule has 88 valence electrons. The van der Waals surface area contributed by atoms with Gasteiger partial charge in [0.05, 0.1) is 0 Å². The van der Waals surface area contributed by atoms with E-state index in [0.717, 1.165) is 12.8 Å². The first-order valence-corrected chi connectivity index (χ1v) is 5.55. The third kappa shape index (κ3) is 2.95. The highest BCUT2D eigenvalue weighted by Gasteiger charge is 2.22. The van der Waals surface area contributed by atoms with E-state index in [4.69, 9.17) is 5.73 Å². The topological polar surface area (TPSA) is 68.0 Å². The summed E-state index contributed by atoms with van der Waals surface area (Å²) in [5, 5.41) is 3.01. The van der Waals surface area contributed by atoms with Crippen molar-refractivity contribution in [2.45, 2.75) is 39.2 Å². The molecule has 0 bridgehead atoms. The van der Waals surface area contributed by atoms with E-state index in [1.165, 1.54) is 0 Å². The summed E-state index contributed by atoms with van der Waals surface area (Å²) in [6.45, 7) is 6.16. The zero-order valence-electron chi connectivity index (χ0n) is 10.1. The van der Waals surface area contributed by atoms with E-state index in [1.54, 1.807) is 18.3 Å². The number of carbonyl (C=O) groups excluding carboxylic acids is 1. The monoisotopic (exact) mass is 221 g/mol. The molecule has 0 saturated heterocycles. The summed E-state index contributed by atoms with van der Waals surface area (Å²) in [4.78, 5) is 15.8. The van der Waals surface area contributed by atoms with Crippen molar-refractivity contribution < 1.29 is 4.79 Å². The predicted molar refractivity (Wildman–Crippen MR) is 65.1 cm³/mol. The van der Waals surface area contributed by atoms with Crippen LogP contribution in [0.25, 0.3) is 0 Å². The largest absolute Gasteiger partial charge is 0.384 e. The number of nitrogens with one attached hydrogen (secondary N) is 1. The normalized spacial score (nSPS) is 11.2. The summed E-state index contributed by atoms with van der Waals surface area (Å²) in [6, 6.07) is 3.25. The molecule has 1 heterocycles. The van der Waals surface area contributed by atoms with Gasteiger partial charge in [-0.1, -0.05) is 13.8 Å². The smallest absolute Gasteiger partial charge is 0.251 e. The fourth-order valence-electron chi connectivity index (χ4n) is 1.36. The summed E-state index contributed by atoms with van der Waals surface area (Å²) >= 11 is 0. The fourth-order valence-corrected chi connectivity index (χ4v) is 1.36. The van der Waals surface area contributed by atoms with Gasteiger partial charge >= 0.3 is 0 Å². The number of hydrogen-bond acceptors (Lipinski definition) is 3. The highest BCUT2D eigenvalue weighted by atomic mass is 16.1. The van der Waals surface area contributed by atoms with Crippen LogP contribution in [-0.4, -0.2) is 16.4 Å². The third-order valence-corrected chi connectivity index (χ3v) is 3.02. The van der Waals surface area contributed by atoms with E-state index in [2.05, 4.69) is 24.1 Å². The van der Waals surface area contributed by atoms with Gasteiger partial charge in [-0.05, 0) is 31.9 Å². The number of nitrogens with two attached hydrogens (primary N) is 1. The molecule has 0 aliphatic carbocycles. The number of carbonyl (C=O) groups is 1. The van der Waals surface area contributed by atoms with Crippen molar-refractivity contribution in [2.75, 3.05) is 5.73 Å². The van der Waals surface area contributed by atoms with Crippen molar-refractivity contribution in [2.24, 2.45) is 0 Å². The molecule has 0 fully saturated rings. The minimum atomic E-state index is -0.158. The van der Waals surface area contributed by atoms with Crippen LogP contribution in [0.3, 0.4) is 0 Å². The Balaban J connectivity index is 2.80. The van der Waals surface area contributed by atoms with E-state index in [9.17, 15) is 4.79 Å². The summed E-state index contributed by atoms with van der Waals surface area (Å²) in [7, 11) is 0. The molecule has 4 nitrogen and oxygen atoms in total. The Morgan fingerprint density at radius 2 is 2.12 bits per heavy atom. The van der Waals surface area contributed by atoms with E-state index in [-0.39, 0.29) is 11.4 Å². The number of nitrogen functional groups attached to an aromatic ring is 1. The molecule has 3 N–H and O–H groups in total. The van der Waals surface area contributed by atoms with Crippen LogP contribution in [-0.2, 0) is 0 Å². The van der Waals surface area contributed by atoms with Gasteiger partial charge in [-0.3, -0.25) is 4.79 Å². The second-order valence-electron chi connectivity index (χ2n) is 4.19. The summed E-state index contributed by atoms with van der Waals surface area (Å²) in [5.74, 6) is 0.266. The van der Waals surface area contributed by atoms with Crippen LogP contribution in [0.15, 0.2) is 18.3 Å². The van der Waals surface area contributed by atoms with E-state index < -0.39 is 0 Å². The first-order chi connectivity index (χ1) is 7.50. The molecular formula is C12H19N3O. The van der Waals surface area contributed by atoms with Crippen molar-refractivity contribution in [1.82, 2.24) is 10.3 Å². The molecule has 0 aromatic carbocycles. The van der Waals surface area contributed by atoms with E-state index in [1.807, 2.05) is 6.92 Å². The fraction of sp³-hybridized carbons (Fsp3) is 0.500. The van der Waals surface area contributed by atoms with Crippen molar-refractivity contribution in [3.63, 3.8) is 0 Å². The number of amides is 1. The summed E-state index contributed by atoms with van der Waals surface area (Å²) < 4.78 is 0. The quantitative estimate of drug-likeness (QED) is 0.816. The average Bonchev–Trinajstić information content (AvgIpc) is 2.29. The van der Waals surface area contributed by atoms with Crippen molar-refractivity contribution in [1.29, 1.82) is 0 Å². The Labute approximate surface area is 96.3 Å². The van der Waals surface area contributed by atoms with Crippen LogP contribution < -0.4 is 11.1 Å². The van der Waals surface area contributed by atoms with Gasteiger partial charge < -0.3 is 11.1 Å². The van der Waals surface area contributed by atoms with Crippen LogP contribution in [0, 0.1) is 0 Å². The molecule has 1 aromatic heterocycles. The lowest BCUT2D eigenvalue weighted by Gasteiger charge is -2.28. The Morgan fingerprint density at radius 1 is 1.50 bits per heavy atom. The number of pyridine rings is 1. The molecule has 0 atom stereocenters. The molecule has 0 unspecified atom stereocenters. The lowest BCUT2D eigenvalue weighted by atomic mass is 9.95. The van der Waals surface area contributed by atoms with Gasteiger partial charge in [0, 0.05) is 17.3 Å². The predicted octanol–water partition coefficient (Wildman–Crippen LogP) is 1.97. The maximum absolute atomic E-state index is 11.9. The third-order valence-electron chi connectivity index (χ3n) is 3.02. The number of anilines is 1. The van der Waals surface area contributed by atoms with Gasteiger partial charge in [0.1, 0.15) is 5.82 Å². The molecule has 0 saturated carbocycles. The number of nitrogens with zero attached hydrogens (tertiary/aromatic N) is 1. The SMILES string of the molecule is CCC(C)(CC)NC(=O)c1ccnc(N)c1. The molecule has 4 heteroatoms. The lowest BCUT2D eigenvalue weighted by Crippen LogP contribution is -2.44. The summed E-state index contributed by atoms with van der Waals surface area (Å²) in [6.07, 6.45) is 3.34. The lowest BCUT2D eigenvalue weighted by molar-refractivity contribution is 0.0901. The molecule has 0 radical (unpaired) electrons. The molecular weight excluding hydrogens is 202 g/mol. The molecule has 1 aromatic rings. The molecule has 16 heavy (non-hydrogen) atoms. The van der Waals surface area contributed by atoms with Crippen molar-refractivity contribution in [3.8, 4) is 0 Å². The van der Waals surface area contributed by atoms with Gasteiger partial charge in [-0.15, -0.1) is 0 Å². The summed E-state index contributed by atoms with van der Waals surface area (Å²) in [5.41, 5.74) is 5.93. The Hall–Kier alpha value is -1.58. The van der Waals surface area contributed by atoms with Crippen LogP contribution in [0.2, 0.25) is 0 Å². The van der Waals surface area contributed by atoms with E-state index in [0.29, 0.717) is 11.4 Å². The molecule has 0 aliphatic rings. The average molecular weight is 221 g/mol. The number of rotatable bonds is 4. The van der Waals surface area contributed by atoms with Gasteiger partial charge in [-0.25, -0.2) is 4.98 Å². The second-order valence-corrected chi connectivity index (χ2v) is 4.19. The highest BCUT2D eigenvalue weighted by molar-refractivity contribution is 5.95. The zero-order chi connectivity index (χ0) is 12.2. The first kappa shape index (κ1) is 12.5. The van der Waals surface area contributed by atoms with Crippen LogP contribution in [0.4, 0.5) is 5.82 Å². The van der Waals surface area contributed by atoms with E-state index >= 15 is 0 Å². The minimum absolute atomic E-state index is 0.0969. The maximum Gasteiger partial charge on any atom is 0.251 e. The molecule has 1 amide bonds. The van der Waals surface area contributed by atoms with Crippen LogP contribution in [0.1, 0.15) is 44.0 Å². The molecule has 0 spiro atoms. The van der Waals surface area contributed by atoms with Gasteiger partial charge in [-0.2, -0.15) is 0 Å². The Bertz CT molecular complexity index is 372. The van der Waals surface area contributed by atoms with Gasteiger partial charge in [0.25, 0.3) is 5.91 Å². The van der Waals surface area contributed by atoms with Crippen LogP contribution >= 0.6 is 0 Å². The number of hydrogen-bond donors (Lipinski definition) is 2. The highest BCUT2D eigenvalue weighted by Crippen LogP contribution is 2.15. The van der Waals surface area contributed by atoms with Gasteiger partial charge in [0.15, 0.2) is 0 Å². The second kappa shape index (κ2) is 4.96. The molecule has 1 rings (SSSR count). The maximum atomic E-state index is 11.9.